The second kappa shape index (κ2) is 8.26. The SMILES string of the molecule is O=C1OC[C@H](Cc2ccccc2)N1C[C@@H]1C(=O)N(c2ccccc2)[C@@H]1c1ccccc1. The van der Waals surface area contributed by atoms with E-state index in [1.54, 1.807) is 4.90 Å². The number of amides is 2. The molecule has 5 nitrogen and oxygen atoms in total. The summed E-state index contributed by atoms with van der Waals surface area (Å²) in [5.41, 5.74) is 3.10. The first-order chi connectivity index (χ1) is 15.2. The summed E-state index contributed by atoms with van der Waals surface area (Å²) in [7, 11) is 0. The number of carbonyl (C=O) groups excluding carboxylic acids is 2. The van der Waals surface area contributed by atoms with Crippen molar-refractivity contribution >= 4 is 17.7 Å². The summed E-state index contributed by atoms with van der Waals surface area (Å²) in [6.07, 6.45) is 0.380. The van der Waals surface area contributed by atoms with Gasteiger partial charge in [0, 0.05) is 12.2 Å². The molecule has 2 amide bonds. The van der Waals surface area contributed by atoms with Crippen molar-refractivity contribution in [1.29, 1.82) is 0 Å². The van der Waals surface area contributed by atoms with E-state index < -0.39 is 0 Å². The molecule has 2 aliphatic rings. The monoisotopic (exact) mass is 412 g/mol. The van der Waals surface area contributed by atoms with Gasteiger partial charge >= 0.3 is 6.09 Å². The Labute approximate surface area is 181 Å². The molecule has 5 heteroatoms. The van der Waals surface area contributed by atoms with Crippen LogP contribution in [0.5, 0.6) is 0 Å². The number of carbonyl (C=O) groups is 2. The molecule has 2 heterocycles. The maximum Gasteiger partial charge on any atom is 0.410 e. The van der Waals surface area contributed by atoms with Crippen LogP contribution in [0.25, 0.3) is 0 Å². The maximum absolute atomic E-state index is 13.3. The maximum atomic E-state index is 13.3. The van der Waals surface area contributed by atoms with Crippen molar-refractivity contribution in [3.63, 3.8) is 0 Å². The Hall–Kier alpha value is -3.60. The fraction of sp³-hybridized carbons (Fsp3) is 0.231. The van der Waals surface area contributed by atoms with Crippen molar-refractivity contribution in [3.05, 3.63) is 102 Å². The topological polar surface area (TPSA) is 49.9 Å². The molecule has 5 rings (SSSR count). The summed E-state index contributed by atoms with van der Waals surface area (Å²) in [4.78, 5) is 29.4. The standard InChI is InChI=1S/C26H24N2O3/c29-25-23(17-27-22(18-31-26(27)30)16-19-10-4-1-5-11-19)24(20-12-6-2-7-13-20)28(25)21-14-8-3-9-15-21/h1-15,22-24H,16-18H2/t22-,23-,24+/m0/s1. The van der Waals surface area contributed by atoms with Crippen LogP contribution in [0.2, 0.25) is 0 Å². The van der Waals surface area contributed by atoms with E-state index in [0.717, 1.165) is 16.8 Å². The fourth-order valence-electron chi connectivity index (χ4n) is 4.61. The summed E-state index contributed by atoms with van der Waals surface area (Å²) >= 11 is 0. The highest BCUT2D eigenvalue weighted by Crippen LogP contribution is 2.44. The number of hydrogen-bond acceptors (Lipinski definition) is 3. The van der Waals surface area contributed by atoms with Crippen molar-refractivity contribution in [2.24, 2.45) is 5.92 Å². The van der Waals surface area contributed by atoms with Crippen LogP contribution in [0.4, 0.5) is 10.5 Å². The quantitative estimate of drug-likeness (QED) is 0.562. The molecule has 3 atom stereocenters. The molecule has 0 N–H and O–H groups in total. The molecular formula is C26H24N2O3. The van der Waals surface area contributed by atoms with Crippen LogP contribution in [0.3, 0.4) is 0 Å². The van der Waals surface area contributed by atoms with Gasteiger partial charge in [0.1, 0.15) is 6.61 Å². The molecule has 0 radical (unpaired) electrons. The molecule has 2 saturated heterocycles. The lowest BCUT2D eigenvalue weighted by atomic mass is 9.81. The Kier molecular flexibility index (Phi) is 5.16. The van der Waals surface area contributed by atoms with Crippen molar-refractivity contribution in [2.75, 3.05) is 18.1 Å². The van der Waals surface area contributed by atoms with E-state index in [4.69, 9.17) is 4.74 Å². The molecule has 31 heavy (non-hydrogen) atoms. The number of nitrogens with zero attached hydrogens (tertiary/aromatic N) is 2. The highest BCUT2D eigenvalue weighted by molar-refractivity contribution is 6.03. The zero-order valence-corrected chi connectivity index (χ0v) is 17.1. The van der Waals surface area contributed by atoms with E-state index in [0.29, 0.717) is 19.6 Å². The molecule has 3 aromatic rings. The van der Waals surface area contributed by atoms with Crippen molar-refractivity contribution in [3.8, 4) is 0 Å². The van der Waals surface area contributed by atoms with Gasteiger partial charge in [0.05, 0.1) is 18.0 Å². The predicted molar refractivity (Wildman–Crippen MR) is 119 cm³/mol. The largest absolute Gasteiger partial charge is 0.447 e. The third kappa shape index (κ3) is 3.67. The summed E-state index contributed by atoms with van der Waals surface area (Å²) in [5.74, 6) is -0.259. The zero-order valence-electron chi connectivity index (χ0n) is 17.1. The van der Waals surface area contributed by atoms with E-state index >= 15 is 0 Å². The number of ether oxygens (including phenoxy) is 1. The van der Waals surface area contributed by atoms with Gasteiger partial charge < -0.3 is 14.5 Å². The van der Waals surface area contributed by atoms with Crippen LogP contribution in [-0.2, 0) is 16.0 Å². The molecule has 3 aromatic carbocycles. The fourth-order valence-corrected chi connectivity index (χ4v) is 4.61. The lowest BCUT2D eigenvalue weighted by molar-refractivity contribution is -0.131. The van der Waals surface area contributed by atoms with Gasteiger partial charge in [-0.25, -0.2) is 4.79 Å². The average molecular weight is 412 g/mol. The van der Waals surface area contributed by atoms with E-state index in [1.807, 2.05) is 83.8 Å². The number of benzene rings is 3. The second-order valence-electron chi connectivity index (χ2n) is 8.08. The van der Waals surface area contributed by atoms with Crippen LogP contribution in [0.1, 0.15) is 17.2 Å². The minimum atomic E-state index is -0.335. The summed E-state index contributed by atoms with van der Waals surface area (Å²) < 4.78 is 5.37. The lowest BCUT2D eigenvalue weighted by Gasteiger charge is -2.48. The summed E-state index contributed by atoms with van der Waals surface area (Å²) in [6, 6.07) is 29.7. The van der Waals surface area contributed by atoms with Crippen molar-refractivity contribution < 1.29 is 14.3 Å². The first kappa shape index (κ1) is 19.4. The Morgan fingerprint density at radius 2 is 1.42 bits per heavy atom. The van der Waals surface area contributed by atoms with Gasteiger partial charge in [-0.15, -0.1) is 0 Å². The highest BCUT2D eigenvalue weighted by Gasteiger charge is 2.51. The number of cyclic esters (lactones) is 1. The van der Waals surface area contributed by atoms with Gasteiger partial charge in [-0.05, 0) is 29.7 Å². The smallest absolute Gasteiger partial charge is 0.410 e. The number of rotatable bonds is 6. The molecule has 0 aliphatic carbocycles. The normalized spacial score (nSPS) is 22.9. The number of β-lactam (4-membered cyclic amide) rings is 1. The van der Waals surface area contributed by atoms with Crippen LogP contribution < -0.4 is 4.90 Å². The van der Waals surface area contributed by atoms with Gasteiger partial charge in [-0.3, -0.25) is 4.79 Å². The minimum absolute atomic E-state index is 0.0400. The third-order valence-electron chi connectivity index (χ3n) is 6.17. The summed E-state index contributed by atoms with van der Waals surface area (Å²) in [6.45, 7) is 0.713. The molecule has 156 valence electrons. The van der Waals surface area contributed by atoms with Gasteiger partial charge in [0.25, 0.3) is 0 Å². The minimum Gasteiger partial charge on any atom is -0.447 e. The first-order valence-corrected chi connectivity index (χ1v) is 10.6. The average Bonchev–Trinajstić information content (AvgIpc) is 3.16. The van der Waals surface area contributed by atoms with E-state index in [1.165, 1.54) is 0 Å². The van der Waals surface area contributed by atoms with Gasteiger partial charge in [-0.1, -0.05) is 78.9 Å². The summed E-state index contributed by atoms with van der Waals surface area (Å²) in [5, 5.41) is 0. The molecule has 0 aromatic heterocycles. The van der Waals surface area contributed by atoms with E-state index in [2.05, 4.69) is 12.1 Å². The van der Waals surface area contributed by atoms with E-state index in [9.17, 15) is 9.59 Å². The lowest BCUT2D eigenvalue weighted by Crippen LogP contribution is -2.59. The number of hydrogen-bond donors (Lipinski definition) is 0. The predicted octanol–water partition coefficient (Wildman–Crippen LogP) is 4.45. The van der Waals surface area contributed by atoms with Gasteiger partial charge in [0.2, 0.25) is 5.91 Å². The Morgan fingerprint density at radius 1 is 0.806 bits per heavy atom. The number of para-hydroxylation sites is 1. The first-order valence-electron chi connectivity index (χ1n) is 10.6. The van der Waals surface area contributed by atoms with Crippen molar-refractivity contribution in [1.82, 2.24) is 4.90 Å². The van der Waals surface area contributed by atoms with E-state index in [-0.39, 0.29) is 30.0 Å². The Balaban J connectivity index is 1.40. The third-order valence-corrected chi connectivity index (χ3v) is 6.17. The molecular weight excluding hydrogens is 388 g/mol. The molecule has 0 saturated carbocycles. The van der Waals surface area contributed by atoms with Crippen molar-refractivity contribution in [2.45, 2.75) is 18.5 Å². The van der Waals surface area contributed by atoms with Gasteiger partial charge in [0.15, 0.2) is 0 Å². The van der Waals surface area contributed by atoms with Gasteiger partial charge in [-0.2, -0.15) is 0 Å². The number of anilines is 1. The Morgan fingerprint density at radius 3 is 2.10 bits per heavy atom. The highest BCUT2D eigenvalue weighted by atomic mass is 16.6. The second-order valence-corrected chi connectivity index (χ2v) is 8.08. The molecule has 2 aliphatic heterocycles. The van der Waals surface area contributed by atoms with Crippen LogP contribution in [-0.4, -0.2) is 36.1 Å². The van der Waals surface area contributed by atoms with Crippen LogP contribution in [0.15, 0.2) is 91.0 Å². The molecule has 0 bridgehead atoms. The molecule has 0 unspecified atom stereocenters. The Bertz CT molecular complexity index is 1060. The molecule has 2 fully saturated rings. The zero-order chi connectivity index (χ0) is 21.2. The van der Waals surface area contributed by atoms with Crippen LogP contribution in [0, 0.1) is 5.92 Å². The molecule has 0 spiro atoms. The van der Waals surface area contributed by atoms with Crippen LogP contribution >= 0.6 is 0 Å².